The monoisotopic (exact) mass is 237 g/mol. The lowest BCUT2D eigenvalue weighted by molar-refractivity contribution is 0.188. The van der Waals surface area contributed by atoms with Gasteiger partial charge >= 0.3 is 0 Å². The zero-order valence-electron chi connectivity index (χ0n) is 9.92. The summed E-state index contributed by atoms with van der Waals surface area (Å²) < 4.78 is 0. The lowest BCUT2D eigenvalue weighted by atomic mass is 10.2. The van der Waals surface area contributed by atoms with Crippen LogP contribution in [-0.2, 0) is 6.61 Å². The summed E-state index contributed by atoms with van der Waals surface area (Å²) in [6.45, 7) is 4.81. The first-order valence-corrected chi connectivity index (χ1v) is 5.97. The van der Waals surface area contributed by atoms with Crippen LogP contribution in [0.5, 0.6) is 0 Å². The minimum Gasteiger partial charge on any atom is -0.395 e. The molecule has 0 radical (unpaired) electrons. The highest BCUT2D eigenvalue weighted by Crippen LogP contribution is 2.16. The van der Waals surface area contributed by atoms with E-state index in [-0.39, 0.29) is 13.2 Å². The maximum absolute atomic E-state index is 9.06. The fourth-order valence-electron chi connectivity index (χ4n) is 2.12. The van der Waals surface area contributed by atoms with Crippen molar-refractivity contribution < 1.29 is 10.2 Å². The topological polar surface area (TPSA) is 59.8 Å². The average molecular weight is 237 g/mol. The Kier molecular flexibility index (Phi) is 4.30. The minimum atomic E-state index is -0.0156. The first kappa shape index (κ1) is 12.3. The zero-order valence-corrected chi connectivity index (χ0v) is 9.92. The molecule has 1 saturated heterocycles. The fraction of sp³-hybridized carbons (Fsp3) is 0.583. The second-order valence-electron chi connectivity index (χ2n) is 4.22. The molecule has 2 heterocycles. The number of hydrogen-bond donors (Lipinski definition) is 2. The number of aliphatic hydroxyl groups is 2. The summed E-state index contributed by atoms with van der Waals surface area (Å²) in [7, 11) is 0. The van der Waals surface area contributed by atoms with Crippen molar-refractivity contribution in [2.45, 2.75) is 6.61 Å². The van der Waals surface area contributed by atoms with Crippen LogP contribution < -0.4 is 4.90 Å². The van der Waals surface area contributed by atoms with Crippen LogP contribution >= 0.6 is 0 Å². The molecule has 1 aromatic rings. The van der Waals surface area contributed by atoms with E-state index in [1.54, 1.807) is 6.20 Å². The van der Waals surface area contributed by atoms with Crippen LogP contribution in [0.15, 0.2) is 18.3 Å². The number of aliphatic hydroxyl groups excluding tert-OH is 2. The molecule has 0 bridgehead atoms. The molecule has 1 aromatic heterocycles. The van der Waals surface area contributed by atoms with E-state index in [1.165, 1.54) is 0 Å². The maximum Gasteiger partial charge on any atom is 0.0853 e. The van der Waals surface area contributed by atoms with Crippen molar-refractivity contribution in [2.75, 3.05) is 44.2 Å². The van der Waals surface area contributed by atoms with Crippen molar-refractivity contribution in [2.24, 2.45) is 0 Å². The zero-order chi connectivity index (χ0) is 12.1. The number of rotatable bonds is 4. The van der Waals surface area contributed by atoms with Crippen molar-refractivity contribution in [3.05, 3.63) is 24.0 Å². The number of hydrogen-bond acceptors (Lipinski definition) is 5. The van der Waals surface area contributed by atoms with E-state index in [1.807, 2.05) is 12.1 Å². The molecule has 2 rings (SSSR count). The van der Waals surface area contributed by atoms with Crippen molar-refractivity contribution in [3.63, 3.8) is 0 Å². The molecule has 1 aliphatic rings. The first-order valence-electron chi connectivity index (χ1n) is 5.97. The van der Waals surface area contributed by atoms with E-state index in [0.29, 0.717) is 5.69 Å². The molecule has 0 saturated carbocycles. The van der Waals surface area contributed by atoms with E-state index in [9.17, 15) is 0 Å². The fourth-order valence-corrected chi connectivity index (χ4v) is 2.12. The van der Waals surface area contributed by atoms with Gasteiger partial charge in [-0.1, -0.05) is 0 Å². The Labute approximate surface area is 101 Å². The molecule has 0 unspecified atom stereocenters. The molecule has 0 aromatic carbocycles. The maximum atomic E-state index is 9.06. The number of nitrogens with zero attached hydrogens (tertiary/aromatic N) is 3. The van der Waals surface area contributed by atoms with Crippen LogP contribution in [0.4, 0.5) is 5.69 Å². The van der Waals surface area contributed by atoms with Crippen LogP contribution in [-0.4, -0.2) is 59.4 Å². The van der Waals surface area contributed by atoms with E-state index in [2.05, 4.69) is 14.8 Å². The standard InChI is InChI=1S/C12H19N3O2/c16-8-7-14-3-5-15(6-4-14)12-1-2-13-11(9-12)10-17/h1-2,9,16-17H,3-8,10H2. The highest BCUT2D eigenvalue weighted by Gasteiger charge is 2.16. The van der Waals surface area contributed by atoms with E-state index < -0.39 is 0 Å². The molecule has 2 N–H and O–H groups in total. The molecule has 94 valence electrons. The Hall–Kier alpha value is -1.17. The van der Waals surface area contributed by atoms with Gasteiger partial charge in [0.25, 0.3) is 0 Å². The van der Waals surface area contributed by atoms with Gasteiger partial charge in [-0.25, -0.2) is 0 Å². The van der Waals surface area contributed by atoms with Gasteiger partial charge in [0, 0.05) is 44.6 Å². The molecule has 0 atom stereocenters. The largest absolute Gasteiger partial charge is 0.395 e. The molecule has 5 heteroatoms. The second kappa shape index (κ2) is 5.95. The number of β-amino-alcohol motifs (C(OH)–C–C–N with tert-alkyl or cyclic N) is 1. The van der Waals surface area contributed by atoms with Crippen LogP contribution in [0.1, 0.15) is 5.69 Å². The molecule has 5 nitrogen and oxygen atoms in total. The SMILES string of the molecule is OCCN1CCN(c2ccnc(CO)c2)CC1. The van der Waals surface area contributed by atoms with Gasteiger partial charge < -0.3 is 15.1 Å². The third-order valence-corrected chi connectivity index (χ3v) is 3.12. The van der Waals surface area contributed by atoms with Crippen molar-refractivity contribution in [1.82, 2.24) is 9.88 Å². The average Bonchev–Trinajstić information content (AvgIpc) is 2.40. The molecule has 0 aliphatic carbocycles. The molecule has 1 aliphatic heterocycles. The van der Waals surface area contributed by atoms with Crippen LogP contribution in [0, 0.1) is 0 Å². The Balaban J connectivity index is 1.95. The summed E-state index contributed by atoms with van der Waals surface area (Å²) >= 11 is 0. The van der Waals surface area contributed by atoms with Gasteiger partial charge in [0.1, 0.15) is 0 Å². The van der Waals surface area contributed by atoms with Gasteiger partial charge in [0.2, 0.25) is 0 Å². The summed E-state index contributed by atoms with van der Waals surface area (Å²) in [4.78, 5) is 8.62. The summed E-state index contributed by atoms with van der Waals surface area (Å²) in [6.07, 6.45) is 1.74. The number of pyridine rings is 1. The molecular formula is C12H19N3O2. The number of anilines is 1. The van der Waals surface area contributed by atoms with Gasteiger partial charge in [-0.05, 0) is 12.1 Å². The highest BCUT2D eigenvalue weighted by atomic mass is 16.3. The van der Waals surface area contributed by atoms with Gasteiger partial charge in [-0.15, -0.1) is 0 Å². The molecule has 0 amide bonds. The van der Waals surface area contributed by atoms with Gasteiger partial charge in [-0.3, -0.25) is 9.88 Å². The second-order valence-corrected chi connectivity index (χ2v) is 4.22. The number of aromatic nitrogens is 1. The smallest absolute Gasteiger partial charge is 0.0853 e. The van der Waals surface area contributed by atoms with E-state index >= 15 is 0 Å². The summed E-state index contributed by atoms with van der Waals surface area (Å²) in [6, 6.07) is 3.91. The molecule has 17 heavy (non-hydrogen) atoms. The van der Waals surface area contributed by atoms with Crippen LogP contribution in [0.2, 0.25) is 0 Å². The van der Waals surface area contributed by atoms with Gasteiger partial charge in [-0.2, -0.15) is 0 Å². The molecule has 1 fully saturated rings. The van der Waals surface area contributed by atoms with Crippen molar-refractivity contribution in [1.29, 1.82) is 0 Å². The third-order valence-electron chi connectivity index (χ3n) is 3.12. The van der Waals surface area contributed by atoms with Gasteiger partial charge in [0.15, 0.2) is 0 Å². The Bertz CT molecular complexity index is 351. The summed E-state index contributed by atoms with van der Waals surface area (Å²) in [5, 5.41) is 17.9. The lowest BCUT2D eigenvalue weighted by Gasteiger charge is -2.35. The van der Waals surface area contributed by atoms with Gasteiger partial charge in [0.05, 0.1) is 18.9 Å². The van der Waals surface area contributed by atoms with Crippen LogP contribution in [0.25, 0.3) is 0 Å². The quantitative estimate of drug-likeness (QED) is 0.752. The Morgan fingerprint density at radius 2 is 1.94 bits per heavy atom. The predicted molar refractivity (Wildman–Crippen MR) is 65.9 cm³/mol. The summed E-state index contributed by atoms with van der Waals surface area (Å²) in [5.41, 5.74) is 1.83. The minimum absolute atomic E-state index is 0.0156. The molecular weight excluding hydrogens is 218 g/mol. The number of piperazine rings is 1. The first-order chi connectivity index (χ1) is 8.33. The molecule has 0 spiro atoms. The lowest BCUT2D eigenvalue weighted by Crippen LogP contribution is -2.47. The third kappa shape index (κ3) is 3.15. The Morgan fingerprint density at radius 3 is 2.59 bits per heavy atom. The normalized spacial score (nSPS) is 17.4. The van der Waals surface area contributed by atoms with E-state index in [4.69, 9.17) is 10.2 Å². The highest BCUT2D eigenvalue weighted by molar-refractivity contribution is 5.46. The van der Waals surface area contributed by atoms with Crippen LogP contribution in [0.3, 0.4) is 0 Å². The van der Waals surface area contributed by atoms with Crippen molar-refractivity contribution in [3.8, 4) is 0 Å². The summed E-state index contributed by atoms with van der Waals surface area (Å²) in [5.74, 6) is 0. The Morgan fingerprint density at radius 1 is 1.18 bits per heavy atom. The van der Waals surface area contributed by atoms with E-state index in [0.717, 1.165) is 38.4 Å². The van der Waals surface area contributed by atoms with Crippen molar-refractivity contribution >= 4 is 5.69 Å². The predicted octanol–water partition coefficient (Wildman–Crippen LogP) is -0.312.